The van der Waals surface area contributed by atoms with E-state index < -0.39 is 13.8 Å². The fourth-order valence-corrected chi connectivity index (χ4v) is 4.40. The van der Waals surface area contributed by atoms with Crippen LogP contribution in [0.4, 0.5) is 4.79 Å². The number of oxime groups is 1. The fourth-order valence-electron chi connectivity index (χ4n) is 1.26. The minimum atomic E-state index is -3.52. The summed E-state index contributed by atoms with van der Waals surface area (Å²) in [6, 6.07) is -0.199. The summed E-state index contributed by atoms with van der Waals surface area (Å²) < 4.78 is 26.1. The second-order valence-electron chi connectivity index (χ2n) is 4.45. The number of amides is 1. The van der Waals surface area contributed by atoms with Crippen molar-refractivity contribution in [1.29, 1.82) is 0 Å². The van der Waals surface area contributed by atoms with Crippen LogP contribution in [-0.4, -0.2) is 52.1 Å². The fraction of sp³-hybridized carbons (Fsp3) is 0.833. The van der Waals surface area contributed by atoms with Gasteiger partial charge in [-0.15, -0.1) is 15.8 Å². The lowest BCUT2D eigenvalue weighted by Gasteiger charge is -2.32. The molecule has 0 aromatic carbocycles. The number of carbonyl (C=O) groups excluding carboxylic acids is 1. The van der Waals surface area contributed by atoms with E-state index in [2.05, 4.69) is 5.16 Å². The number of nitrogens with zero attached hydrogens (tertiary/aromatic N) is 3. The molecular formula is C12H26N3O5PS2. The van der Waals surface area contributed by atoms with Crippen LogP contribution in [0.15, 0.2) is 5.16 Å². The van der Waals surface area contributed by atoms with E-state index in [1.165, 1.54) is 27.2 Å². The van der Waals surface area contributed by atoms with E-state index in [-0.39, 0.29) is 19.3 Å². The molecule has 0 heterocycles. The third-order valence-corrected chi connectivity index (χ3v) is 6.86. The Morgan fingerprint density at radius 1 is 1.26 bits per heavy atom. The van der Waals surface area contributed by atoms with E-state index in [4.69, 9.17) is 13.9 Å². The zero-order valence-electron chi connectivity index (χ0n) is 14.6. The van der Waals surface area contributed by atoms with Crippen molar-refractivity contribution in [2.45, 2.75) is 40.7 Å². The maximum Gasteiger partial charge on any atom is 0.446 e. The highest BCUT2D eigenvalue weighted by Crippen LogP contribution is 2.57. The molecule has 0 aromatic heterocycles. The number of carbonyl (C=O) groups is 1. The van der Waals surface area contributed by atoms with Gasteiger partial charge in [-0.2, -0.15) is 0 Å². The summed E-state index contributed by atoms with van der Waals surface area (Å²) in [5.41, 5.74) is 0. The lowest BCUT2D eigenvalue weighted by molar-refractivity contribution is 0.136. The van der Waals surface area contributed by atoms with Crippen LogP contribution in [0.3, 0.4) is 0 Å². The van der Waals surface area contributed by atoms with Crippen LogP contribution < -0.4 is 0 Å². The molecule has 0 aliphatic carbocycles. The van der Waals surface area contributed by atoms with E-state index >= 15 is 0 Å². The molecule has 0 fully saturated rings. The standard InChI is InChI=1S/C12H26N3O5PS2/c1-8-18-21(17,19-9-2)15(10(3)4)23-14(6)12(16)20-13-11(5)22-7/h10H,8-9H2,1-7H3. The average Bonchev–Trinajstić information content (AvgIpc) is 2.49. The van der Waals surface area contributed by atoms with Crippen LogP contribution in [0, 0.1) is 0 Å². The molecule has 136 valence electrons. The molecule has 0 unspecified atom stereocenters. The first-order valence-electron chi connectivity index (χ1n) is 7.11. The summed E-state index contributed by atoms with van der Waals surface area (Å²) in [6.45, 7) is 9.29. The van der Waals surface area contributed by atoms with Crippen LogP contribution in [0.2, 0.25) is 0 Å². The van der Waals surface area contributed by atoms with Gasteiger partial charge in [0.15, 0.2) is 0 Å². The average molecular weight is 387 g/mol. The molecule has 0 saturated heterocycles. The lowest BCUT2D eigenvalue weighted by Crippen LogP contribution is -2.31. The summed E-state index contributed by atoms with van der Waals surface area (Å²) >= 11 is 2.28. The lowest BCUT2D eigenvalue weighted by atomic mass is 10.4. The molecule has 11 heteroatoms. The molecule has 0 rings (SSSR count). The smallest absolute Gasteiger partial charge is 0.296 e. The molecule has 0 radical (unpaired) electrons. The van der Waals surface area contributed by atoms with Gasteiger partial charge >= 0.3 is 13.8 Å². The van der Waals surface area contributed by atoms with Crippen LogP contribution in [-0.2, 0) is 18.5 Å². The zero-order valence-corrected chi connectivity index (χ0v) is 17.2. The quantitative estimate of drug-likeness (QED) is 0.145. The summed E-state index contributed by atoms with van der Waals surface area (Å²) in [5.74, 6) is 0. The van der Waals surface area contributed by atoms with Crippen LogP contribution in [0.1, 0.15) is 34.6 Å². The largest absolute Gasteiger partial charge is 0.446 e. The molecule has 0 aromatic rings. The van der Waals surface area contributed by atoms with E-state index in [0.29, 0.717) is 5.04 Å². The SMILES string of the molecule is CCOP(=O)(OCC)N(SN(C)C(=O)ON=C(C)SC)C(C)C. The zero-order chi connectivity index (χ0) is 18.0. The van der Waals surface area contributed by atoms with Gasteiger partial charge in [-0.25, -0.2) is 13.7 Å². The minimum Gasteiger partial charge on any atom is -0.296 e. The molecule has 0 atom stereocenters. The molecule has 0 N–H and O–H groups in total. The van der Waals surface area contributed by atoms with Crippen molar-refractivity contribution < 1.29 is 23.2 Å². The van der Waals surface area contributed by atoms with Crippen molar-refractivity contribution >= 4 is 42.8 Å². The highest BCUT2D eigenvalue weighted by atomic mass is 32.2. The summed E-state index contributed by atoms with van der Waals surface area (Å²) in [5, 5.41) is 4.29. The maximum atomic E-state index is 12.9. The van der Waals surface area contributed by atoms with Crippen LogP contribution in [0.5, 0.6) is 0 Å². The first-order valence-corrected chi connectivity index (χ1v) is 10.6. The first kappa shape index (κ1) is 22.8. The molecule has 23 heavy (non-hydrogen) atoms. The van der Waals surface area contributed by atoms with Gasteiger partial charge in [0.05, 0.1) is 25.3 Å². The highest BCUT2D eigenvalue weighted by Gasteiger charge is 2.38. The van der Waals surface area contributed by atoms with Gasteiger partial charge in [0.25, 0.3) is 0 Å². The van der Waals surface area contributed by atoms with Gasteiger partial charge in [-0.3, -0.25) is 13.9 Å². The summed E-state index contributed by atoms with van der Waals surface area (Å²) in [6.07, 6.45) is 1.14. The summed E-state index contributed by atoms with van der Waals surface area (Å²) in [4.78, 5) is 16.7. The topological polar surface area (TPSA) is 80.7 Å². The first-order chi connectivity index (χ1) is 10.7. The van der Waals surface area contributed by atoms with E-state index in [1.54, 1.807) is 20.8 Å². The van der Waals surface area contributed by atoms with Crippen molar-refractivity contribution in [2.75, 3.05) is 26.5 Å². The summed E-state index contributed by atoms with van der Waals surface area (Å²) in [7, 11) is -2.02. The maximum absolute atomic E-state index is 12.9. The third kappa shape index (κ3) is 7.91. The normalized spacial score (nSPS) is 12.8. The van der Waals surface area contributed by atoms with Gasteiger partial charge in [0.2, 0.25) is 0 Å². The van der Waals surface area contributed by atoms with Gasteiger partial charge in [-0.1, -0.05) is 5.16 Å². The van der Waals surface area contributed by atoms with Crippen molar-refractivity contribution in [3.63, 3.8) is 0 Å². The second-order valence-corrected chi connectivity index (χ2v) is 8.71. The monoisotopic (exact) mass is 387 g/mol. The Morgan fingerprint density at radius 2 is 1.78 bits per heavy atom. The Morgan fingerprint density at radius 3 is 2.17 bits per heavy atom. The molecule has 0 bridgehead atoms. The number of hydrogen-bond acceptors (Lipinski definition) is 8. The molecule has 0 aliphatic rings. The van der Waals surface area contributed by atoms with Crippen LogP contribution >= 0.6 is 31.6 Å². The number of thioether (sulfide) groups is 1. The van der Waals surface area contributed by atoms with E-state index in [0.717, 1.165) is 12.1 Å². The van der Waals surface area contributed by atoms with E-state index in [1.807, 2.05) is 20.1 Å². The molecule has 1 amide bonds. The Kier molecular flexibility index (Phi) is 11.2. The molecule has 0 saturated carbocycles. The highest BCUT2D eigenvalue weighted by molar-refractivity contribution is 8.13. The molecular weight excluding hydrogens is 361 g/mol. The van der Waals surface area contributed by atoms with Crippen molar-refractivity contribution in [3.05, 3.63) is 0 Å². The Hall–Kier alpha value is -0.250. The van der Waals surface area contributed by atoms with Crippen LogP contribution in [0.25, 0.3) is 0 Å². The Labute approximate surface area is 147 Å². The van der Waals surface area contributed by atoms with Gasteiger partial charge < -0.3 is 0 Å². The number of rotatable bonds is 9. The second kappa shape index (κ2) is 11.3. The van der Waals surface area contributed by atoms with Crippen molar-refractivity contribution in [3.8, 4) is 0 Å². The molecule has 0 aliphatic heterocycles. The van der Waals surface area contributed by atoms with Crippen molar-refractivity contribution in [2.24, 2.45) is 5.16 Å². The Bertz CT molecular complexity index is 440. The molecule has 0 spiro atoms. The van der Waals surface area contributed by atoms with Crippen molar-refractivity contribution in [1.82, 2.24) is 8.38 Å². The molecule has 8 nitrogen and oxygen atoms in total. The third-order valence-electron chi connectivity index (χ3n) is 2.28. The number of hydrogen-bond donors (Lipinski definition) is 0. The van der Waals surface area contributed by atoms with E-state index in [9.17, 15) is 9.36 Å². The predicted octanol–water partition coefficient (Wildman–Crippen LogP) is 4.21. The Balaban J connectivity index is 5.05. The predicted molar refractivity (Wildman–Crippen MR) is 96.3 cm³/mol. The minimum absolute atomic E-state index is 0.199. The van der Waals surface area contributed by atoms with Gasteiger partial charge in [0.1, 0.15) is 5.04 Å². The van der Waals surface area contributed by atoms with Gasteiger partial charge in [-0.05, 0) is 40.9 Å². The van der Waals surface area contributed by atoms with Gasteiger partial charge in [0, 0.05) is 13.1 Å².